The number of hydrogen-bond acceptors (Lipinski definition) is 0. The van der Waals surface area contributed by atoms with Gasteiger partial charge in [-0.25, -0.2) is 0 Å². The maximum atomic E-state index is 5.15. The van der Waals surface area contributed by atoms with Gasteiger partial charge in [-0.2, -0.15) is 36.8 Å². The van der Waals surface area contributed by atoms with E-state index >= 15 is 0 Å². The van der Waals surface area contributed by atoms with Gasteiger partial charge in [0.15, 0.2) is 0 Å². The average Bonchev–Trinajstić information content (AvgIpc) is 3.86. The second-order valence-corrected chi connectivity index (χ2v) is 29.4. The molecule has 4 heteroatoms. The van der Waals surface area contributed by atoms with Gasteiger partial charge in [-0.1, -0.05) is 142 Å². The van der Waals surface area contributed by atoms with Crippen LogP contribution in [0.3, 0.4) is 0 Å². The van der Waals surface area contributed by atoms with E-state index in [0.717, 1.165) is 5.56 Å². The van der Waals surface area contributed by atoms with E-state index in [2.05, 4.69) is 199 Å². The van der Waals surface area contributed by atoms with E-state index in [0.29, 0.717) is 0 Å². The summed E-state index contributed by atoms with van der Waals surface area (Å²) in [6.07, 6.45) is 0. The van der Waals surface area contributed by atoms with E-state index in [-0.39, 0.29) is 0 Å². The average molecular weight is 920 g/mol. The molecular formula is C57H45Cl2SiZr-3. The van der Waals surface area contributed by atoms with Gasteiger partial charge in [0.1, 0.15) is 0 Å². The fourth-order valence-corrected chi connectivity index (χ4v) is 8.53. The van der Waals surface area contributed by atoms with Crippen molar-refractivity contribution in [3.8, 4) is 22.3 Å². The first-order chi connectivity index (χ1) is 29.5. The molecule has 0 saturated heterocycles. The van der Waals surface area contributed by atoms with Crippen LogP contribution < -0.4 is 0 Å². The Kier molecular flexibility index (Phi) is 13.1. The Morgan fingerprint density at radius 2 is 0.738 bits per heavy atom. The maximum absolute atomic E-state index is 5.15. The Bertz CT molecular complexity index is 3150. The molecule has 0 aromatic heterocycles. The van der Waals surface area contributed by atoms with Gasteiger partial charge in [0.05, 0.1) is 0 Å². The molecule has 0 saturated carbocycles. The van der Waals surface area contributed by atoms with E-state index in [1.807, 2.05) is 30.3 Å². The predicted molar refractivity (Wildman–Crippen MR) is 267 cm³/mol. The summed E-state index contributed by atoms with van der Waals surface area (Å²) in [7, 11) is 10.3. The molecule has 0 aliphatic carbocycles. The molecule has 0 aliphatic heterocycles. The molecule has 0 aliphatic rings. The van der Waals surface area contributed by atoms with E-state index in [1.54, 1.807) is 0 Å². The fraction of sp³-hybridized carbons (Fsp3) is 0.0702. The van der Waals surface area contributed by atoms with Crippen molar-refractivity contribution in [3.63, 3.8) is 0 Å². The number of aryl methyl sites for hydroxylation is 4. The Labute approximate surface area is 376 Å². The summed E-state index contributed by atoms with van der Waals surface area (Å²) >= 11 is -1.79. The summed E-state index contributed by atoms with van der Waals surface area (Å²) in [5.74, 6) is 0. The summed E-state index contributed by atoms with van der Waals surface area (Å²) in [6.45, 7) is 15.5. The standard InChI is InChI=1S/2C25H19.C7H7.2ClH.Si.Zr/c2*1-16-12-23-17(2)10-11-22(25(23)13-16)21-9-5-8-20-14-18-6-3-4-7-19(18)15-24(20)21;1-7-5-3-2-4-6-7;;;;/h2*3-15H,1-2H3;2-6H,1H2;2*1H;;/q3*-1;;;;+2/p-2. The van der Waals surface area contributed by atoms with Gasteiger partial charge in [-0.05, 0) is 78.5 Å². The van der Waals surface area contributed by atoms with E-state index < -0.39 is 18.0 Å². The summed E-state index contributed by atoms with van der Waals surface area (Å²) in [6, 6.07) is 67.9. The Hall–Kier alpha value is -5.21. The first kappa shape index (κ1) is 42.5. The van der Waals surface area contributed by atoms with Gasteiger partial charge in [0, 0.05) is 0 Å². The Morgan fingerprint density at radius 1 is 0.393 bits per heavy atom. The summed E-state index contributed by atoms with van der Waals surface area (Å²) in [4.78, 5) is 0. The normalized spacial score (nSPS) is 10.9. The zero-order valence-corrected chi connectivity index (χ0v) is 39.8. The molecule has 0 unspecified atom stereocenters. The molecule has 0 N–H and O–H groups in total. The molecule has 0 amide bonds. The van der Waals surface area contributed by atoms with Crippen LogP contribution in [0, 0.1) is 34.6 Å². The molecule has 0 bridgehead atoms. The van der Waals surface area contributed by atoms with Gasteiger partial charge in [0.2, 0.25) is 0 Å². The van der Waals surface area contributed by atoms with Crippen molar-refractivity contribution < 1.29 is 18.0 Å². The summed E-state index contributed by atoms with van der Waals surface area (Å²) in [5, 5.41) is 15.9. The van der Waals surface area contributed by atoms with Gasteiger partial charge in [-0.15, -0.1) is 80.2 Å². The van der Waals surface area contributed by atoms with Crippen LogP contribution in [0.5, 0.6) is 0 Å². The molecule has 0 nitrogen and oxygen atoms in total. The number of halogens is 2. The van der Waals surface area contributed by atoms with Gasteiger partial charge < -0.3 is 0 Å². The fourth-order valence-electron chi connectivity index (χ4n) is 8.53. The van der Waals surface area contributed by atoms with E-state index in [1.165, 1.54) is 109 Å². The second-order valence-electron chi connectivity index (χ2n) is 15.8. The van der Waals surface area contributed by atoms with Crippen LogP contribution in [0.15, 0.2) is 188 Å². The number of benzene rings is 9. The Balaban J connectivity index is 0.000000135. The van der Waals surface area contributed by atoms with Gasteiger partial charge >= 0.3 is 41.9 Å². The van der Waals surface area contributed by atoms with Crippen LogP contribution in [0.2, 0.25) is 0 Å². The van der Waals surface area contributed by atoms with Crippen LogP contribution in [0.25, 0.3) is 86.9 Å². The monoisotopic (exact) mass is 917 g/mol. The molecule has 11 aromatic carbocycles. The number of hydrogen-bond donors (Lipinski definition) is 0. The van der Waals surface area contributed by atoms with Crippen molar-refractivity contribution in [2.45, 2.75) is 27.7 Å². The van der Waals surface area contributed by atoms with Crippen molar-refractivity contribution in [1.82, 2.24) is 0 Å². The van der Waals surface area contributed by atoms with Crippen LogP contribution in [-0.2, 0) is 18.0 Å². The third kappa shape index (κ3) is 9.50. The Morgan fingerprint density at radius 3 is 1.11 bits per heavy atom. The van der Waals surface area contributed by atoms with Crippen molar-refractivity contribution >= 4 is 88.5 Å². The van der Waals surface area contributed by atoms with Crippen LogP contribution in [0.4, 0.5) is 0 Å². The van der Waals surface area contributed by atoms with Crippen molar-refractivity contribution in [2.24, 2.45) is 0 Å². The molecule has 0 spiro atoms. The predicted octanol–water partition coefficient (Wildman–Crippen LogP) is 17.2. The number of fused-ring (bicyclic) bond motifs is 6. The quantitative estimate of drug-likeness (QED) is 0.0921. The molecule has 0 atom stereocenters. The minimum absolute atomic E-state index is 1.07. The molecule has 0 fully saturated rings. The van der Waals surface area contributed by atoms with Crippen molar-refractivity contribution in [2.75, 3.05) is 0 Å². The van der Waals surface area contributed by atoms with Crippen LogP contribution in [-0.4, -0.2) is 6.88 Å². The van der Waals surface area contributed by atoms with Gasteiger partial charge in [0.25, 0.3) is 0 Å². The minimum atomic E-state index is -1.79. The third-order valence-corrected chi connectivity index (χ3v) is 11.4. The zero-order chi connectivity index (χ0) is 42.6. The SMILES string of the molecule is Cc1cc2c(-c3cccc4cc5ccccc5cc34)ccc(C)c2[cH-]1.Cc1cc2c(-c3cccc4cc5ccccc5cc34)ccc(C)c2[cH-]1.[CH2-]c1ccccc1.[Si]=[Zr]([Cl])[Cl]. The molecule has 2 radical (unpaired) electrons. The number of rotatable bonds is 2. The second kappa shape index (κ2) is 18.8. The summed E-state index contributed by atoms with van der Waals surface area (Å²) < 4.78 is 0. The zero-order valence-electron chi connectivity index (χ0n) is 34.9. The van der Waals surface area contributed by atoms with E-state index in [9.17, 15) is 0 Å². The van der Waals surface area contributed by atoms with Crippen LogP contribution in [0.1, 0.15) is 27.8 Å². The molecule has 61 heavy (non-hydrogen) atoms. The van der Waals surface area contributed by atoms with Crippen molar-refractivity contribution in [3.05, 3.63) is 223 Å². The molecule has 298 valence electrons. The van der Waals surface area contributed by atoms with Crippen molar-refractivity contribution in [1.29, 1.82) is 0 Å². The first-order valence-corrected chi connectivity index (χ1v) is 31.0. The molecule has 11 rings (SSSR count). The third-order valence-electron chi connectivity index (χ3n) is 11.4. The summed E-state index contributed by atoms with van der Waals surface area (Å²) in [5.41, 5.74) is 11.7. The topological polar surface area (TPSA) is 0 Å². The first-order valence-electron chi connectivity index (χ1n) is 20.5. The van der Waals surface area contributed by atoms with E-state index in [4.69, 9.17) is 17.0 Å². The molecular weight excluding hydrogens is 875 g/mol. The van der Waals surface area contributed by atoms with Gasteiger partial charge in [-0.3, -0.25) is 0 Å². The molecule has 0 heterocycles. The van der Waals surface area contributed by atoms with Crippen LogP contribution >= 0.6 is 17.0 Å². The molecule has 11 aromatic rings.